The van der Waals surface area contributed by atoms with E-state index < -0.39 is 5.60 Å². The maximum atomic E-state index is 11.1. The largest absolute Gasteiger partial charge is 0.385 e. The number of benzene rings is 1. The number of hydrogen-bond acceptors (Lipinski definition) is 3. The van der Waals surface area contributed by atoms with Gasteiger partial charge in [0.25, 0.3) is 0 Å². The molecule has 2 aromatic rings. The van der Waals surface area contributed by atoms with Crippen LogP contribution in [0, 0.1) is 6.92 Å². The van der Waals surface area contributed by atoms with E-state index in [-0.39, 0.29) is 0 Å². The molecule has 19 heavy (non-hydrogen) atoms. The van der Waals surface area contributed by atoms with Crippen LogP contribution in [-0.4, -0.2) is 10.1 Å². The first-order valence-corrected chi connectivity index (χ1v) is 7.69. The third-order valence-electron chi connectivity index (χ3n) is 4.12. The molecule has 0 aliphatic heterocycles. The van der Waals surface area contributed by atoms with Gasteiger partial charge in [0.1, 0.15) is 0 Å². The van der Waals surface area contributed by atoms with Gasteiger partial charge in [0.05, 0.1) is 16.3 Å². The van der Waals surface area contributed by atoms with Crippen LogP contribution < -0.4 is 0 Å². The fourth-order valence-corrected chi connectivity index (χ4v) is 3.68. The van der Waals surface area contributed by atoms with Gasteiger partial charge in [-0.3, -0.25) is 0 Å². The SMILES string of the molecule is Cc1nc(CC2(O)CCC(C)c3ccccc32)cs1. The third-order valence-corrected chi connectivity index (χ3v) is 4.95. The van der Waals surface area contributed by atoms with E-state index in [4.69, 9.17) is 0 Å². The van der Waals surface area contributed by atoms with Gasteiger partial charge in [-0.2, -0.15) is 0 Å². The fraction of sp³-hybridized carbons (Fsp3) is 0.438. The molecular weight excluding hydrogens is 254 g/mol. The van der Waals surface area contributed by atoms with Crippen molar-refractivity contribution in [1.82, 2.24) is 4.98 Å². The molecule has 0 bridgehead atoms. The lowest BCUT2D eigenvalue weighted by molar-refractivity contribution is 0.0151. The van der Waals surface area contributed by atoms with Gasteiger partial charge < -0.3 is 5.11 Å². The highest BCUT2D eigenvalue weighted by Gasteiger charge is 2.37. The molecule has 0 saturated carbocycles. The standard InChI is InChI=1S/C16H19NOS/c1-11-7-8-16(18,9-13-10-19-12(2)17-13)15-6-4-3-5-14(11)15/h3-6,10-11,18H,7-9H2,1-2H3. The van der Waals surface area contributed by atoms with Crippen LogP contribution in [0.1, 0.15) is 47.5 Å². The molecule has 1 aromatic heterocycles. The lowest BCUT2D eigenvalue weighted by Crippen LogP contribution is -2.34. The second-order valence-corrected chi connectivity index (χ2v) is 6.66. The minimum atomic E-state index is -0.746. The number of aliphatic hydroxyl groups is 1. The monoisotopic (exact) mass is 273 g/mol. The maximum Gasteiger partial charge on any atom is 0.0955 e. The molecule has 1 aliphatic carbocycles. The first-order chi connectivity index (χ1) is 9.08. The Morgan fingerprint density at radius 3 is 2.95 bits per heavy atom. The van der Waals surface area contributed by atoms with E-state index in [1.807, 2.05) is 13.0 Å². The van der Waals surface area contributed by atoms with Crippen molar-refractivity contribution in [3.63, 3.8) is 0 Å². The van der Waals surface area contributed by atoms with Crippen LogP contribution in [0.4, 0.5) is 0 Å². The highest BCUT2D eigenvalue weighted by molar-refractivity contribution is 7.09. The molecule has 0 fully saturated rings. The average molecular weight is 273 g/mol. The van der Waals surface area contributed by atoms with Crippen LogP contribution >= 0.6 is 11.3 Å². The lowest BCUT2D eigenvalue weighted by Gasteiger charge is -2.37. The number of hydrogen-bond donors (Lipinski definition) is 1. The van der Waals surface area contributed by atoms with Crippen molar-refractivity contribution in [1.29, 1.82) is 0 Å². The molecule has 3 heteroatoms. The molecule has 100 valence electrons. The van der Waals surface area contributed by atoms with Crippen LogP contribution in [0.15, 0.2) is 29.6 Å². The number of aryl methyl sites for hydroxylation is 1. The normalized spacial score (nSPS) is 26.2. The minimum Gasteiger partial charge on any atom is -0.385 e. The maximum absolute atomic E-state index is 11.1. The van der Waals surface area contributed by atoms with Crippen molar-refractivity contribution in [3.8, 4) is 0 Å². The van der Waals surface area contributed by atoms with Crippen molar-refractivity contribution >= 4 is 11.3 Å². The van der Waals surface area contributed by atoms with Crippen LogP contribution in [0.3, 0.4) is 0 Å². The van der Waals surface area contributed by atoms with Gasteiger partial charge >= 0.3 is 0 Å². The molecule has 2 unspecified atom stereocenters. The van der Waals surface area contributed by atoms with Crippen LogP contribution in [0.25, 0.3) is 0 Å². The molecule has 1 aromatic carbocycles. The molecular formula is C16H19NOS. The summed E-state index contributed by atoms with van der Waals surface area (Å²) >= 11 is 1.65. The second kappa shape index (κ2) is 4.73. The van der Waals surface area contributed by atoms with E-state index in [2.05, 4.69) is 35.5 Å². The van der Waals surface area contributed by atoms with Crippen molar-refractivity contribution in [2.45, 2.75) is 44.6 Å². The predicted molar refractivity (Wildman–Crippen MR) is 78.5 cm³/mol. The van der Waals surface area contributed by atoms with Crippen molar-refractivity contribution < 1.29 is 5.11 Å². The Morgan fingerprint density at radius 1 is 1.42 bits per heavy atom. The Morgan fingerprint density at radius 2 is 2.21 bits per heavy atom. The van der Waals surface area contributed by atoms with E-state index in [9.17, 15) is 5.11 Å². The zero-order valence-corrected chi connectivity index (χ0v) is 12.2. The summed E-state index contributed by atoms with van der Waals surface area (Å²) in [6, 6.07) is 8.31. The van der Waals surface area contributed by atoms with E-state index >= 15 is 0 Å². The minimum absolute atomic E-state index is 0.536. The van der Waals surface area contributed by atoms with Gasteiger partial charge in [-0.05, 0) is 36.8 Å². The van der Waals surface area contributed by atoms with Crippen LogP contribution in [0.2, 0.25) is 0 Å². The molecule has 1 N–H and O–H groups in total. The Bertz CT molecular complexity index is 592. The Labute approximate surface area is 118 Å². The summed E-state index contributed by atoms with van der Waals surface area (Å²) < 4.78 is 0. The highest BCUT2D eigenvalue weighted by Crippen LogP contribution is 2.42. The molecule has 0 saturated heterocycles. The van der Waals surface area contributed by atoms with E-state index in [1.165, 1.54) is 5.56 Å². The summed E-state index contributed by atoms with van der Waals surface area (Å²) in [5.41, 5.74) is 2.65. The quantitative estimate of drug-likeness (QED) is 0.903. The molecule has 0 amide bonds. The first-order valence-electron chi connectivity index (χ1n) is 6.81. The summed E-state index contributed by atoms with van der Waals surface area (Å²) in [5, 5.41) is 14.2. The number of rotatable bonds is 2. The Hall–Kier alpha value is -1.19. The topological polar surface area (TPSA) is 33.1 Å². The summed E-state index contributed by atoms with van der Waals surface area (Å²) in [5.74, 6) is 0.536. The zero-order valence-electron chi connectivity index (χ0n) is 11.4. The second-order valence-electron chi connectivity index (χ2n) is 5.59. The van der Waals surface area contributed by atoms with Gasteiger partial charge in [-0.1, -0.05) is 31.2 Å². The van der Waals surface area contributed by atoms with E-state index in [0.29, 0.717) is 12.3 Å². The lowest BCUT2D eigenvalue weighted by atomic mass is 9.73. The van der Waals surface area contributed by atoms with Gasteiger partial charge in [0, 0.05) is 11.8 Å². The van der Waals surface area contributed by atoms with Gasteiger partial charge in [-0.15, -0.1) is 11.3 Å². The van der Waals surface area contributed by atoms with E-state index in [1.54, 1.807) is 11.3 Å². The fourth-order valence-electron chi connectivity index (χ4n) is 3.07. The summed E-state index contributed by atoms with van der Waals surface area (Å²) in [7, 11) is 0. The van der Waals surface area contributed by atoms with Gasteiger partial charge in [0.15, 0.2) is 0 Å². The molecule has 3 rings (SSSR count). The zero-order chi connectivity index (χ0) is 13.5. The number of nitrogens with zero attached hydrogens (tertiary/aromatic N) is 1. The summed E-state index contributed by atoms with van der Waals surface area (Å²) in [6.45, 7) is 4.25. The number of fused-ring (bicyclic) bond motifs is 1. The molecule has 1 heterocycles. The third kappa shape index (κ3) is 2.33. The van der Waals surface area contributed by atoms with Gasteiger partial charge in [0.2, 0.25) is 0 Å². The smallest absolute Gasteiger partial charge is 0.0955 e. The Kier molecular flexibility index (Phi) is 3.19. The van der Waals surface area contributed by atoms with Crippen LogP contribution in [-0.2, 0) is 12.0 Å². The molecule has 2 nitrogen and oxygen atoms in total. The summed E-state index contributed by atoms with van der Waals surface area (Å²) in [4.78, 5) is 4.50. The van der Waals surface area contributed by atoms with Crippen molar-refractivity contribution in [2.24, 2.45) is 0 Å². The predicted octanol–water partition coefficient (Wildman–Crippen LogP) is 3.78. The van der Waals surface area contributed by atoms with Crippen molar-refractivity contribution in [3.05, 3.63) is 51.5 Å². The van der Waals surface area contributed by atoms with Crippen LogP contribution in [0.5, 0.6) is 0 Å². The first kappa shape index (κ1) is 12.8. The molecule has 0 radical (unpaired) electrons. The summed E-state index contributed by atoms with van der Waals surface area (Å²) in [6.07, 6.45) is 2.49. The van der Waals surface area contributed by atoms with E-state index in [0.717, 1.165) is 29.1 Å². The molecule has 1 aliphatic rings. The molecule has 0 spiro atoms. The highest BCUT2D eigenvalue weighted by atomic mass is 32.1. The van der Waals surface area contributed by atoms with Crippen molar-refractivity contribution in [2.75, 3.05) is 0 Å². The Balaban J connectivity index is 1.98. The molecule has 2 atom stereocenters. The number of thiazole rings is 1. The number of aromatic nitrogens is 1. The average Bonchev–Trinajstić information content (AvgIpc) is 2.80. The van der Waals surface area contributed by atoms with Gasteiger partial charge in [-0.25, -0.2) is 4.98 Å².